The highest BCUT2D eigenvalue weighted by Crippen LogP contribution is 2.32. The molecule has 0 aliphatic rings. The van der Waals surface area contributed by atoms with Crippen molar-refractivity contribution in [2.24, 2.45) is 0 Å². The Kier molecular flexibility index (Phi) is 3.62. The van der Waals surface area contributed by atoms with E-state index in [2.05, 4.69) is 4.98 Å². The maximum atomic E-state index is 11.3. The molecule has 0 radical (unpaired) electrons. The molecule has 0 unspecified atom stereocenters. The van der Waals surface area contributed by atoms with Crippen LogP contribution in [-0.4, -0.2) is 22.4 Å². The lowest BCUT2D eigenvalue weighted by Crippen LogP contribution is -1.96. The second kappa shape index (κ2) is 5.58. The Morgan fingerprint density at radius 2 is 2.10 bits per heavy atom. The Morgan fingerprint density at radius 1 is 1.33 bits per heavy atom. The number of carbonyl (C=O) groups excluding carboxylic acids is 1. The number of hydrogen-bond acceptors (Lipinski definition) is 3. The van der Waals surface area contributed by atoms with Crippen LogP contribution < -0.4 is 4.74 Å². The normalized spacial score (nSPS) is 10.8. The van der Waals surface area contributed by atoms with Crippen molar-refractivity contribution in [3.05, 3.63) is 53.3 Å². The van der Waals surface area contributed by atoms with Gasteiger partial charge in [-0.05, 0) is 19.1 Å². The molecule has 21 heavy (non-hydrogen) atoms. The molecule has 0 aliphatic heterocycles. The average molecular weight is 301 g/mol. The van der Waals surface area contributed by atoms with Gasteiger partial charge in [0.15, 0.2) is 6.29 Å². The zero-order valence-corrected chi connectivity index (χ0v) is 12.2. The van der Waals surface area contributed by atoms with Crippen molar-refractivity contribution in [2.75, 3.05) is 6.61 Å². The third-order valence-electron chi connectivity index (χ3n) is 3.20. The van der Waals surface area contributed by atoms with Crippen LogP contribution >= 0.6 is 11.6 Å². The minimum Gasteiger partial charge on any atom is -0.492 e. The van der Waals surface area contributed by atoms with E-state index in [4.69, 9.17) is 16.3 Å². The number of ether oxygens (including phenoxy) is 1. The van der Waals surface area contributed by atoms with Crippen LogP contribution in [0.3, 0.4) is 0 Å². The molecule has 0 N–H and O–H groups in total. The minimum absolute atomic E-state index is 0.354. The number of hydrogen-bond donors (Lipinski definition) is 0. The fourth-order valence-corrected chi connectivity index (χ4v) is 2.64. The molecule has 3 aromatic rings. The molecule has 0 bridgehead atoms. The van der Waals surface area contributed by atoms with Crippen LogP contribution in [0.5, 0.6) is 5.75 Å². The van der Waals surface area contributed by atoms with Crippen LogP contribution in [0, 0.1) is 0 Å². The van der Waals surface area contributed by atoms with Gasteiger partial charge in [0.25, 0.3) is 0 Å². The van der Waals surface area contributed by atoms with Gasteiger partial charge in [-0.25, -0.2) is 4.98 Å². The maximum Gasteiger partial charge on any atom is 0.155 e. The quantitative estimate of drug-likeness (QED) is 0.687. The summed E-state index contributed by atoms with van der Waals surface area (Å²) in [6.07, 6.45) is 2.34. The number of aldehydes is 1. The molecule has 3 rings (SSSR count). The smallest absolute Gasteiger partial charge is 0.155 e. The van der Waals surface area contributed by atoms with E-state index in [1.54, 1.807) is 10.8 Å². The fraction of sp³-hybridized carbons (Fsp3) is 0.125. The van der Waals surface area contributed by atoms with Crippen molar-refractivity contribution in [2.45, 2.75) is 6.92 Å². The number of fused-ring (bicyclic) bond motifs is 1. The second-order valence-corrected chi connectivity index (χ2v) is 4.82. The molecule has 1 aromatic carbocycles. The zero-order chi connectivity index (χ0) is 14.8. The highest BCUT2D eigenvalue weighted by molar-refractivity contribution is 6.34. The second-order valence-electron chi connectivity index (χ2n) is 4.47. The first-order valence-corrected chi connectivity index (χ1v) is 6.97. The largest absolute Gasteiger partial charge is 0.492 e. The number of pyridine rings is 1. The van der Waals surface area contributed by atoms with Gasteiger partial charge in [-0.15, -0.1) is 0 Å². The zero-order valence-electron chi connectivity index (χ0n) is 11.4. The van der Waals surface area contributed by atoms with Crippen molar-refractivity contribution in [3.8, 4) is 11.4 Å². The summed E-state index contributed by atoms with van der Waals surface area (Å²) in [7, 11) is 0. The average Bonchev–Trinajstić information content (AvgIpc) is 2.79. The lowest BCUT2D eigenvalue weighted by molar-refractivity contribution is 0.112. The molecule has 0 spiro atoms. The molecule has 0 saturated carbocycles. The van der Waals surface area contributed by atoms with Crippen LogP contribution in [0.15, 0.2) is 42.6 Å². The van der Waals surface area contributed by atoms with Gasteiger partial charge in [0.2, 0.25) is 0 Å². The van der Waals surface area contributed by atoms with Gasteiger partial charge in [-0.3, -0.25) is 9.36 Å². The predicted molar refractivity (Wildman–Crippen MR) is 82.6 cm³/mol. The summed E-state index contributed by atoms with van der Waals surface area (Å²) in [5, 5.41) is 0.354. The van der Waals surface area contributed by atoms with Crippen molar-refractivity contribution in [3.63, 3.8) is 0 Å². The number of rotatable bonds is 4. The maximum absolute atomic E-state index is 11.3. The van der Waals surface area contributed by atoms with Gasteiger partial charge < -0.3 is 4.74 Å². The summed E-state index contributed by atoms with van der Waals surface area (Å²) in [6, 6.07) is 11.4. The van der Waals surface area contributed by atoms with E-state index in [1.807, 2.05) is 43.3 Å². The lowest BCUT2D eigenvalue weighted by Gasteiger charge is -2.08. The van der Waals surface area contributed by atoms with Crippen LogP contribution in [0.25, 0.3) is 16.7 Å². The molecule has 0 aliphatic carbocycles. The van der Waals surface area contributed by atoms with E-state index in [0.717, 1.165) is 17.5 Å². The number of halogens is 1. The molecule has 5 heteroatoms. The standard InChI is InChI=1S/C16H13ClN2O2/c1-2-21-12-8-14-15(18-9-12)13(10-20)16(17)19(14)11-6-4-3-5-7-11/h3-10H,2H2,1H3. The number of benzene rings is 1. The SMILES string of the molecule is CCOc1cnc2c(C=O)c(Cl)n(-c3ccccc3)c2c1. The topological polar surface area (TPSA) is 44.1 Å². The van der Waals surface area contributed by atoms with E-state index < -0.39 is 0 Å². The minimum atomic E-state index is 0.354. The van der Waals surface area contributed by atoms with Crippen LogP contribution in [0.1, 0.15) is 17.3 Å². The van der Waals surface area contributed by atoms with Crippen molar-refractivity contribution in [1.29, 1.82) is 0 Å². The summed E-state index contributed by atoms with van der Waals surface area (Å²) in [5.41, 5.74) is 2.58. The van der Waals surface area contributed by atoms with Crippen LogP contribution in [0.2, 0.25) is 5.15 Å². The lowest BCUT2D eigenvalue weighted by atomic mass is 10.3. The Balaban J connectivity index is 2.33. The summed E-state index contributed by atoms with van der Waals surface area (Å²) < 4.78 is 7.28. The van der Waals surface area contributed by atoms with E-state index in [1.165, 1.54) is 0 Å². The third-order valence-corrected chi connectivity index (χ3v) is 3.57. The Morgan fingerprint density at radius 3 is 2.76 bits per heavy atom. The summed E-state index contributed by atoms with van der Waals surface area (Å²) in [4.78, 5) is 15.6. The Labute approximate surface area is 126 Å². The Bertz CT molecular complexity index is 797. The summed E-state index contributed by atoms with van der Waals surface area (Å²) >= 11 is 6.37. The number of nitrogens with zero attached hydrogens (tertiary/aromatic N) is 2. The molecular weight excluding hydrogens is 288 g/mol. The Hall–Kier alpha value is -2.33. The van der Waals surface area contributed by atoms with Gasteiger partial charge in [0, 0.05) is 11.8 Å². The molecule has 0 saturated heterocycles. The van der Waals surface area contributed by atoms with Gasteiger partial charge in [0.05, 0.1) is 23.9 Å². The van der Waals surface area contributed by atoms with Gasteiger partial charge in [-0.2, -0.15) is 0 Å². The van der Waals surface area contributed by atoms with E-state index >= 15 is 0 Å². The number of carbonyl (C=O) groups is 1. The predicted octanol–water partition coefficient (Wildman–Crippen LogP) is 3.89. The first kappa shape index (κ1) is 13.6. The third kappa shape index (κ3) is 2.28. The van der Waals surface area contributed by atoms with E-state index in [-0.39, 0.29) is 0 Å². The molecule has 2 heterocycles. The molecule has 106 valence electrons. The highest BCUT2D eigenvalue weighted by atomic mass is 35.5. The van der Waals surface area contributed by atoms with Crippen molar-refractivity contribution < 1.29 is 9.53 Å². The van der Waals surface area contributed by atoms with Gasteiger partial charge in [0.1, 0.15) is 16.4 Å². The molecule has 0 atom stereocenters. The molecule has 0 fully saturated rings. The summed E-state index contributed by atoms with van der Waals surface area (Å²) in [5.74, 6) is 0.647. The van der Waals surface area contributed by atoms with Crippen LogP contribution in [-0.2, 0) is 0 Å². The number of para-hydroxylation sites is 1. The monoisotopic (exact) mass is 300 g/mol. The number of aromatic nitrogens is 2. The first-order chi connectivity index (χ1) is 10.3. The fourth-order valence-electron chi connectivity index (χ4n) is 2.32. The van der Waals surface area contributed by atoms with Crippen LogP contribution in [0.4, 0.5) is 0 Å². The molecular formula is C16H13ClN2O2. The van der Waals surface area contributed by atoms with E-state index in [0.29, 0.717) is 28.6 Å². The van der Waals surface area contributed by atoms with Crippen molar-refractivity contribution in [1.82, 2.24) is 9.55 Å². The molecule has 2 aromatic heterocycles. The van der Waals surface area contributed by atoms with Gasteiger partial charge >= 0.3 is 0 Å². The highest BCUT2D eigenvalue weighted by Gasteiger charge is 2.18. The summed E-state index contributed by atoms with van der Waals surface area (Å²) in [6.45, 7) is 2.46. The van der Waals surface area contributed by atoms with E-state index in [9.17, 15) is 4.79 Å². The van der Waals surface area contributed by atoms with Crippen molar-refractivity contribution >= 4 is 28.9 Å². The molecule has 4 nitrogen and oxygen atoms in total. The molecule has 0 amide bonds. The van der Waals surface area contributed by atoms with Gasteiger partial charge in [-0.1, -0.05) is 29.8 Å². The first-order valence-electron chi connectivity index (χ1n) is 6.59.